The highest BCUT2D eigenvalue weighted by molar-refractivity contribution is 7.99. The molecule has 1 rings (SSSR count). The number of benzene rings is 1. The molecule has 0 amide bonds. The average molecular weight is 287 g/mol. The van der Waals surface area contributed by atoms with Gasteiger partial charge in [-0.1, -0.05) is 18.5 Å². The Labute approximate surface area is 118 Å². The number of thioether (sulfide) groups is 1. The minimum atomic E-state index is 0.0877. The molecule has 0 saturated heterocycles. The SMILES string of the molecule is CCOc1cc(C)c(Cl)c(C)c1C(=O)CSCC. The fourth-order valence-corrected chi connectivity index (χ4v) is 2.49. The summed E-state index contributed by atoms with van der Waals surface area (Å²) in [5.41, 5.74) is 2.40. The first-order valence-electron chi connectivity index (χ1n) is 6.06. The first-order valence-corrected chi connectivity index (χ1v) is 7.59. The maximum atomic E-state index is 12.2. The van der Waals surface area contributed by atoms with Gasteiger partial charge < -0.3 is 4.74 Å². The Balaban J connectivity index is 3.21. The molecule has 0 bridgehead atoms. The Bertz CT molecular complexity index is 444. The maximum absolute atomic E-state index is 12.2. The van der Waals surface area contributed by atoms with Crippen molar-refractivity contribution < 1.29 is 9.53 Å². The number of carbonyl (C=O) groups excluding carboxylic acids is 1. The number of Topliss-reactive ketones (excluding diaryl/α,β-unsaturated/α-hetero) is 1. The van der Waals surface area contributed by atoms with E-state index in [1.165, 1.54) is 0 Å². The molecule has 0 aliphatic rings. The molecule has 18 heavy (non-hydrogen) atoms. The normalized spacial score (nSPS) is 10.5. The summed E-state index contributed by atoms with van der Waals surface area (Å²) < 4.78 is 5.57. The van der Waals surface area contributed by atoms with Crippen molar-refractivity contribution in [2.45, 2.75) is 27.7 Å². The van der Waals surface area contributed by atoms with Crippen LogP contribution in [-0.4, -0.2) is 23.9 Å². The fourth-order valence-electron chi connectivity index (χ4n) is 1.81. The second kappa shape index (κ2) is 7.05. The third kappa shape index (κ3) is 3.42. The van der Waals surface area contributed by atoms with E-state index in [-0.39, 0.29) is 5.78 Å². The van der Waals surface area contributed by atoms with Crippen LogP contribution >= 0.6 is 23.4 Å². The molecule has 0 unspecified atom stereocenters. The van der Waals surface area contributed by atoms with Crippen molar-refractivity contribution in [1.29, 1.82) is 0 Å². The summed E-state index contributed by atoms with van der Waals surface area (Å²) in [7, 11) is 0. The van der Waals surface area contributed by atoms with E-state index >= 15 is 0 Å². The van der Waals surface area contributed by atoms with Crippen molar-refractivity contribution in [1.82, 2.24) is 0 Å². The van der Waals surface area contributed by atoms with Crippen LogP contribution < -0.4 is 4.74 Å². The monoisotopic (exact) mass is 286 g/mol. The molecule has 0 aliphatic heterocycles. The van der Waals surface area contributed by atoms with Crippen molar-refractivity contribution in [3.63, 3.8) is 0 Å². The molecule has 4 heteroatoms. The van der Waals surface area contributed by atoms with Crippen LogP contribution in [0.4, 0.5) is 0 Å². The number of hydrogen-bond acceptors (Lipinski definition) is 3. The summed E-state index contributed by atoms with van der Waals surface area (Å²) in [6.45, 7) is 8.29. The highest BCUT2D eigenvalue weighted by atomic mass is 35.5. The van der Waals surface area contributed by atoms with Gasteiger partial charge in [-0.2, -0.15) is 11.8 Å². The lowest BCUT2D eigenvalue weighted by Crippen LogP contribution is -2.10. The third-order valence-corrected chi connectivity index (χ3v) is 4.12. The van der Waals surface area contributed by atoms with Gasteiger partial charge >= 0.3 is 0 Å². The van der Waals surface area contributed by atoms with E-state index in [2.05, 4.69) is 0 Å². The molecule has 0 heterocycles. The molecule has 0 saturated carbocycles. The molecule has 1 aromatic rings. The Morgan fingerprint density at radius 3 is 2.61 bits per heavy atom. The molecule has 1 aromatic carbocycles. The lowest BCUT2D eigenvalue weighted by atomic mass is 10.0. The molecule has 0 spiro atoms. The zero-order chi connectivity index (χ0) is 13.7. The number of ketones is 1. The molecule has 0 radical (unpaired) electrons. The van der Waals surface area contributed by atoms with E-state index in [0.717, 1.165) is 16.9 Å². The van der Waals surface area contributed by atoms with Gasteiger partial charge in [-0.25, -0.2) is 0 Å². The van der Waals surface area contributed by atoms with Gasteiger partial charge in [-0.3, -0.25) is 4.79 Å². The van der Waals surface area contributed by atoms with Gasteiger partial charge in [-0.15, -0.1) is 0 Å². The zero-order valence-corrected chi connectivity index (χ0v) is 12.9. The van der Waals surface area contributed by atoms with Crippen LogP contribution in [0.5, 0.6) is 5.75 Å². The van der Waals surface area contributed by atoms with Gasteiger partial charge in [0.25, 0.3) is 0 Å². The van der Waals surface area contributed by atoms with Gasteiger partial charge in [0.05, 0.1) is 17.9 Å². The third-order valence-electron chi connectivity index (χ3n) is 2.66. The van der Waals surface area contributed by atoms with Gasteiger partial charge in [0, 0.05) is 5.02 Å². The van der Waals surface area contributed by atoms with Crippen molar-refractivity contribution in [3.8, 4) is 5.75 Å². The van der Waals surface area contributed by atoms with Crippen molar-refractivity contribution in [2.24, 2.45) is 0 Å². The summed E-state index contributed by atoms with van der Waals surface area (Å²) in [6.07, 6.45) is 0. The summed E-state index contributed by atoms with van der Waals surface area (Å²) in [5.74, 6) is 2.13. The molecule has 0 aliphatic carbocycles. The number of aryl methyl sites for hydroxylation is 1. The highest BCUT2D eigenvalue weighted by Crippen LogP contribution is 2.32. The Hall–Kier alpha value is -0.670. The van der Waals surface area contributed by atoms with E-state index in [4.69, 9.17) is 16.3 Å². The first kappa shape index (κ1) is 15.4. The molecule has 0 atom stereocenters. The minimum absolute atomic E-state index is 0.0877. The predicted octanol–water partition coefficient (Wildman–Crippen LogP) is 4.29. The van der Waals surface area contributed by atoms with Crippen LogP contribution in [0.15, 0.2) is 6.07 Å². The van der Waals surface area contributed by atoms with Gasteiger partial charge in [0.1, 0.15) is 5.75 Å². The topological polar surface area (TPSA) is 26.3 Å². The predicted molar refractivity (Wildman–Crippen MR) is 79.4 cm³/mol. The highest BCUT2D eigenvalue weighted by Gasteiger charge is 2.19. The molecule has 0 N–H and O–H groups in total. The van der Waals surface area contributed by atoms with E-state index in [9.17, 15) is 4.79 Å². The van der Waals surface area contributed by atoms with Crippen LogP contribution in [0.1, 0.15) is 35.3 Å². The summed E-state index contributed by atoms with van der Waals surface area (Å²) >= 11 is 7.83. The number of halogens is 1. The second-order valence-electron chi connectivity index (χ2n) is 4.00. The van der Waals surface area contributed by atoms with E-state index in [1.54, 1.807) is 11.8 Å². The summed E-state index contributed by atoms with van der Waals surface area (Å²) in [4.78, 5) is 12.2. The van der Waals surface area contributed by atoms with Gasteiger partial charge in [0.15, 0.2) is 5.78 Å². The molecule has 0 aromatic heterocycles. The number of ether oxygens (including phenoxy) is 1. The molecule has 100 valence electrons. The maximum Gasteiger partial charge on any atom is 0.176 e. The van der Waals surface area contributed by atoms with E-state index in [1.807, 2.05) is 33.8 Å². The minimum Gasteiger partial charge on any atom is -0.493 e. The van der Waals surface area contributed by atoms with E-state index in [0.29, 0.717) is 28.7 Å². The molecular weight excluding hydrogens is 268 g/mol. The lowest BCUT2D eigenvalue weighted by Gasteiger charge is -2.15. The largest absolute Gasteiger partial charge is 0.493 e. The van der Waals surface area contributed by atoms with Crippen molar-refractivity contribution >= 4 is 29.1 Å². The van der Waals surface area contributed by atoms with Gasteiger partial charge in [-0.05, 0) is 43.7 Å². The number of rotatable bonds is 6. The first-order chi connectivity index (χ1) is 8.52. The van der Waals surface area contributed by atoms with Crippen LogP contribution in [0.25, 0.3) is 0 Å². The van der Waals surface area contributed by atoms with Crippen LogP contribution in [0.3, 0.4) is 0 Å². The number of carbonyl (C=O) groups is 1. The standard InChI is InChI=1S/C14H19ClO2S/c1-5-17-12-7-9(3)14(15)10(4)13(12)11(16)8-18-6-2/h7H,5-6,8H2,1-4H3. The van der Waals surface area contributed by atoms with Crippen LogP contribution in [0.2, 0.25) is 5.02 Å². The van der Waals surface area contributed by atoms with Crippen LogP contribution in [0, 0.1) is 13.8 Å². The smallest absolute Gasteiger partial charge is 0.176 e. The summed E-state index contributed by atoms with van der Waals surface area (Å²) in [6, 6.07) is 1.85. The van der Waals surface area contributed by atoms with Crippen LogP contribution in [-0.2, 0) is 0 Å². The lowest BCUT2D eigenvalue weighted by molar-refractivity contribution is 0.101. The van der Waals surface area contributed by atoms with E-state index < -0.39 is 0 Å². The second-order valence-corrected chi connectivity index (χ2v) is 5.65. The van der Waals surface area contributed by atoms with Crippen molar-refractivity contribution in [3.05, 3.63) is 27.8 Å². The Kier molecular flexibility index (Phi) is 6.03. The van der Waals surface area contributed by atoms with Gasteiger partial charge in [0.2, 0.25) is 0 Å². The Morgan fingerprint density at radius 2 is 2.06 bits per heavy atom. The Morgan fingerprint density at radius 1 is 1.39 bits per heavy atom. The average Bonchev–Trinajstić information content (AvgIpc) is 2.34. The fraction of sp³-hybridized carbons (Fsp3) is 0.500. The summed E-state index contributed by atoms with van der Waals surface area (Å²) in [5, 5.41) is 0.656. The molecular formula is C14H19ClO2S. The molecule has 0 fully saturated rings. The van der Waals surface area contributed by atoms with Crippen molar-refractivity contribution in [2.75, 3.05) is 18.1 Å². The molecule has 2 nitrogen and oxygen atoms in total. The quantitative estimate of drug-likeness (QED) is 0.730. The number of hydrogen-bond donors (Lipinski definition) is 0. The zero-order valence-electron chi connectivity index (χ0n) is 11.3.